The van der Waals surface area contributed by atoms with Gasteiger partial charge in [0.15, 0.2) is 5.17 Å². The Balaban J connectivity index is 1.57. The van der Waals surface area contributed by atoms with Crippen molar-refractivity contribution < 1.29 is 18.7 Å². The summed E-state index contributed by atoms with van der Waals surface area (Å²) in [7, 11) is 3.13. The molecule has 1 fully saturated rings. The van der Waals surface area contributed by atoms with Crippen LogP contribution >= 0.6 is 23.4 Å². The van der Waals surface area contributed by atoms with Gasteiger partial charge in [0.1, 0.15) is 28.7 Å². The maximum absolute atomic E-state index is 12.4. The van der Waals surface area contributed by atoms with Crippen LogP contribution in [-0.2, 0) is 4.79 Å². The Morgan fingerprint density at radius 3 is 2.70 bits per heavy atom. The highest BCUT2D eigenvalue weighted by molar-refractivity contribution is 8.18. The van der Waals surface area contributed by atoms with Crippen molar-refractivity contribution in [3.8, 4) is 22.8 Å². The Kier molecular flexibility index (Phi) is 5.83. The van der Waals surface area contributed by atoms with Gasteiger partial charge in [0.25, 0.3) is 5.91 Å². The second-order valence-corrected chi connectivity index (χ2v) is 7.64. The highest BCUT2D eigenvalue weighted by Crippen LogP contribution is 2.35. The third kappa shape index (κ3) is 4.22. The van der Waals surface area contributed by atoms with Crippen LogP contribution in [0.25, 0.3) is 17.4 Å². The van der Waals surface area contributed by atoms with E-state index in [0.717, 1.165) is 5.56 Å². The number of hydrogen-bond acceptors (Lipinski definition) is 6. The third-order valence-electron chi connectivity index (χ3n) is 4.30. The molecule has 1 saturated heterocycles. The Morgan fingerprint density at radius 2 is 1.93 bits per heavy atom. The molecule has 4 rings (SSSR count). The number of nitrogens with one attached hydrogen (secondary N) is 1. The van der Waals surface area contributed by atoms with E-state index >= 15 is 0 Å². The predicted octanol–water partition coefficient (Wildman–Crippen LogP) is 5.51. The van der Waals surface area contributed by atoms with Gasteiger partial charge in [-0.15, -0.1) is 0 Å². The van der Waals surface area contributed by atoms with E-state index < -0.39 is 0 Å². The fourth-order valence-corrected chi connectivity index (χ4v) is 3.88. The molecule has 1 N–H and O–H groups in total. The molecule has 0 unspecified atom stereocenters. The second kappa shape index (κ2) is 8.69. The summed E-state index contributed by atoms with van der Waals surface area (Å²) in [5.41, 5.74) is 1.38. The van der Waals surface area contributed by atoms with Gasteiger partial charge >= 0.3 is 0 Å². The fraction of sp³-hybridized carbons (Fsp3) is 0.0909. The molecule has 8 heteroatoms. The number of halogens is 1. The molecule has 1 aromatic heterocycles. The molecule has 0 saturated carbocycles. The molecule has 0 radical (unpaired) electrons. The summed E-state index contributed by atoms with van der Waals surface area (Å²) in [6.45, 7) is 0. The number of amides is 1. The number of thioether (sulfide) groups is 1. The van der Waals surface area contributed by atoms with E-state index in [1.54, 1.807) is 50.6 Å². The molecule has 1 aliphatic rings. The van der Waals surface area contributed by atoms with Crippen LogP contribution in [0.4, 0.5) is 5.69 Å². The minimum atomic E-state index is -0.248. The van der Waals surface area contributed by atoms with Crippen molar-refractivity contribution in [2.45, 2.75) is 0 Å². The van der Waals surface area contributed by atoms with Crippen molar-refractivity contribution in [2.24, 2.45) is 4.99 Å². The zero-order chi connectivity index (χ0) is 21.1. The van der Waals surface area contributed by atoms with Crippen molar-refractivity contribution in [3.63, 3.8) is 0 Å². The van der Waals surface area contributed by atoms with Gasteiger partial charge in [-0.05, 0) is 48.2 Å². The lowest BCUT2D eigenvalue weighted by molar-refractivity contribution is -0.115. The number of nitrogens with zero attached hydrogens (tertiary/aromatic N) is 1. The fourth-order valence-electron chi connectivity index (χ4n) is 2.83. The number of rotatable bonds is 5. The van der Waals surface area contributed by atoms with Crippen LogP contribution in [0.2, 0.25) is 5.02 Å². The second-order valence-electron chi connectivity index (χ2n) is 6.20. The molecular weight excluding hydrogens is 424 g/mol. The van der Waals surface area contributed by atoms with Crippen LogP contribution in [0.5, 0.6) is 11.5 Å². The molecule has 0 bridgehead atoms. The maximum Gasteiger partial charge on any atom is 0.264 e. The summed E-state index contributed by atoms with van der Waals surface area (Å²) >= 11 is 7.45. The van der Waals surface area contributed by atoms with Crippen LogP contribution in [-0.4, -0.2) is 25.3 Å². The molecule has 0 aliphatic carbocycles. The zero-order valence-corrected chi connectivity index (χ0v) is 17.7. The van der Waals surface area contributed by atoms with Gasteiger partial charge in [0.05, 0.1) is 24.1 Å². The summed E-state index contributed by atoms with van der Waals surface area (Å²) in [5.74, 6) is 2.14. The minimum absolute atomic E-state index is 0.248. The molecule has 0 atom stereocenters. The van der Waals surface area contributed by atoms with Crippen molar-refractivity contribution in [2.75, 3.05) is 14.2 Å². The van der Waals surface area contributed by atoms with E-state index in [1.165, 1.54) is 11.8 Å². The van der Waals surface area contributed by atoms with Gasteiger partial charge in [-0.25, -0.2) is 4.99 Å². The summed E-state index contributed by atoms with van der Waals surface area (Å²) in [4.78, 5) is 17.3. The Bertz CT molecular complexity index is 1170. The lowest BCUT2D eigenvalue weighted by atomic mass is 10.2. The first-order valence-corrected chi connectivity index (χ1v) is 10.1. The normalized spacial score (nSPS) is 16.2. The summed E-state index contributed by atoms with van der Waals surface area (Å²) < 4.78 is 16.4. The molecule has 1 amide bonds. The Hall–Kier alpha value is -3.16. The van der Waals surface area contributed by atoms with E-state index in [2.05, 4.69) is 10.3 Å². The predicted molar refractivity (Wildman–Crippen MR) is 120 cm³/mol. The molecule has 2 heterocycles. The third-order valence-corrected chi connectivity index (χ3v) is 5.54. The molecule has 3 aromatic rings. The van der Waals surface area contributed by atoms with Crippen molar-refractivity contribution >= 4 is 46.2 Å². The van der Waals surface area contributed by atoms with Crippen molar-refractivity contribution in [3.05, 3.63) is 70.3 Å². The SMILES string of the molecule is COc1ccc(N=C2NC(=O)C(=Cc3ccc(-c4ccccc4Cl)o3)S2)c(OC)c1. The van der Waals surface area contributed by atoms with Crippen LogP contribution in [0.15, 0.2) is 68.9 Å². The summed E-state index contributed by atoms with van der Waals surface area (Å²) in [6, 6.07) is 16.3. The minimum Gasteiger partial charge on any atom is -0.497 e. The molecule has 152 valence electrons. The monoisotopic (exact) mass is 440 g/mol. The first-order chi connectivity index (χ1) is 14.6. The smallest absolute Gasteiger partial charge is 0.264 e. The lowest BCUT2D eigenvalue weighted by Gasteiger charge is -2.07. The average molecular weight is 441 g/mol. The van der Waals surface area contributed by atoms with E-state index in [9.17, 15) is 4.79 Å². The van der Waals surface area contributed by atoms with Crippen LogP contribution < -0.4 is 14.8 Å². The standard InChI is InChI=1S/C22H17ClN2O4S/c1-27-13-7-9-17(19(11-13)28-2)24-22-25-21(26)20(30-22)12-14-8-10-18(29-14)15-5-3-4-6-16(15)23/h3-12H,1-2H3,(H,24,25,26). The zero-order valence-electron chi connectivity index (χ0n) is 16.1. The van der Waals surface area contributed by atoms with Gasteiger partial charge in [-0.1, -0.05) is 23.7 Å². The largest absolute Gasteiger partial charge is 0.497 e. The molecule has 1 aliphatic heterocycles. The van der Waals surface area contributed by atoms with E-state index in [0.29, 0.717) is 43.8 Å². The highest BCUT2D eigenvalue weighted by atomic mass is 35.5. The molecule has 6 nitrogen and oxygen atoms in total. The summed E-state index contributed by atoms with van der Waals surface area (Å²) in [6.07, 6.45) is 1.67. The first-order valence-electron chi connectivity index (χ1n) is 8.93. The van der Waals surface area contributed by atoms with Crippen LogP contribution in [0.3, 0.4) is 0 Å². The van der Waals surface area contributed by atoms with Crippen LogP contribution in [0, 0.1) is 0 Å². The quantitative estimate of drug-likeness (QED) is 0.529. The molecule has 2 aromatic carbocycles. The van der Waals surface area contributed by atoms with Crippen molar-refractivity contribution in [1.29, 1.82) is 0 Å². The lowest BCUT2D eigenvalue weighted by Crippen LogP contribution is -2.19. The van der Waals surface area contributed by atoms with E-state index in [1.807, 2.05) is 24.3 Å². The van der Waals surface area contributed by atoms with E-state index in [4.69, 9.17) is 25.5 Å². The number of hydrogen-bond donors (Lipinski definition) is 1. The molecule has 0 spiro atoms. The van der Waals surface area contributed by atoms with Crippen molar-refractivity contribution in [1.82, 2.24) is 5.32 Å². The number of methoxy groups -OCH3 is 2. The van der Waals surface area contributed by atoms with E-state index in [-0.39, 0.29) is 5.91 Å². The number of amidine groups is 1. The maximum atomic E-state index is 12.4. The Morgan fingerprint density at radius 1 is 1.10 bits per heavy atom. The van der Waals surface area contributed by atoms with Gasteiger partial charge < -0.3 is 19.2 Å². The topological polar surface area (TPSA) is 73.1 Å². The number of benzene rings is 2. The number of carbonyl (C=O) groups is 1. The number of carbonyl (C=O) groups excluding carboxylic acids is 1. The number of ether oxygens (including phenoxy) is 2. The average Bonchev–Trinajstić information content (AvgIpc) is 3.35. The molecule has 30 heavy (non-hydrogen) atoms. The van der Waals surface area contributed by atoms with Gasteiger partial charge in [0.2, 0.25) is 0 Å². The van der Waals surface area contributed by atoms with Gasteiger partial charge in [-0.3, -0.25) is 4.79 Å². The van der Waals surface area contributed by atoms with Gasteiger partial charge in [-0.2, -0.15) is 0 Å². The first kappa shape index (κ1) is 20.1. The molecular formula is C22H17ClN2O4S. The Labute approximate surface area is 182 Å². The number of aliphatic imine (C=N–C) groups is 1. The summed E-state index contributed by atoms with van der Waals surface area (Å²) in [5, 5.41) is 3.81. The highest BCUT2D eigenvalue weighted by Gasteiger charge is 2.25. The number of furan rings is 1. The van der Waals surface area contributed by atoms with Crippen LogP contribution in [0.1, 0.15) is 5.76 Å². The van der Waals surface area contributed by atoms with Gasteiger partial charge in [0, 0.05) is 17.7 Å².